The number of aliphatic carboxylic acids is 1. The Bertz CT molecular complexity index is 1250. The van der Waals surface area contributed by atoms with E-state index in [0.29, 0.717) is 59.9 Å². The van der Waals surface area contributed by atoms with Gasteiger partial charge in [-0.2, -0.15) is 0 Å². The van der Waals surface area contributed by atoms with Crippen molar-refractivity contribution in [1.29, 1.82) is 0 Å². The van der Waals surface area contributed by atoms with Crippen molar-refractivity contribution in [2.24, 2.45) is 0 Å². The third-order valence-electron chi connectivity index (χ3n) is 6.32. The van der Waals surface area contributed by atoms with E-state index < -0.39 is 23.4 Å². The molecule has 3 aromatic rings. The summed E-state index contributed by atoms with van der Waals surface area (Å²) in [6.45, 7) is 2.25. The number of nitrogens with one attached hydrogen (secondary N) is 2. The monoisotopic (exact) mass is 605 g/mol. The Kier molecular flexibility index (Phi) is 12.6. The smallest absolute Gasteiger partial charge is 0.320 e. The van der Waals surface area contributed by atoms with E-state index in [-0.39, 0.29) is 5.91 Å². The average molecular weight is 606 g/mol. The van der Waals surface area contributed by atoms with Gasteiger partial charge in [-0.15, -0.1) is 0 Å². The van der Waals surface area contributed by atoms with Gasteiger partial charge in [0.25, 0.3) is 0 Å². The van der Waals surface area contributed by atoms with Gasteiger partial charge in [-0.05, 0) is 85.0 Å². The number of carboxylic acids is 1. The number of benzene rings is 2. The minimum Gasteiger partial charge on any atom is -0.496 e. The molecule has 0 fully saturated rings. The fourth-order valence-electron chi connectivity index (χ4n) is 4.20. The topological polar surface area (TPSA) is 101 Å². The van der Waals surface area contributed by atoms with Crippen molar-refractivity contribution in [3.05, 3.63) is 88.8 Å². The Morgan fingerprint density at radius 3 is 2.60 bits per heavy atom. The van der Waals surface area contributed by atoms with Gasteiger partial charge in [0.15, 0.2) is 0 Å². The van der Waals surface area contributed by atoms with Crippen molar-refractivity contribution in [2.75, 3.05) is 19.4 Å². The lowest BCUT2D eigenvalue weighted by Crippen LogP contribution is -2.50. The number of carboxylic acid groups (broad SMARTS) is 1. The number of carbonyl (C=O) groups is 2. The zero-order valence-electron chi connectivity index (χ0n) is 22.4. The molecule has 3 N–H and O–H groups in total. The molecule has 2 unspecified atom stereocenters. The van der Waals surface area contributed by atoms with Crippen molar-refractivity contribution < 1.29 is 23.8 Å². The van der Waals surface area contributed by atoms with E-state index in [2.05, 4.69) is 15.6 Å². The highest BCUT2D eigenvalue weighted by atomic mass is 35.5. The molecule has 11 heteroatoms. The number of carbonyl (C=O) groups excluding carboxylic acids is 1. The lowest BCUT2D eigenvalue weighted by Gasteiger charge is -2.36. The molecular formula is C29H33ClFN3O4S2. The normalized spacial score (nSPS) is 13.3. The Hall–Kier alpha value is -2.79. The molecule has 2 atom stereocenters. The van der Waals surface area contributed by atoms with Crippen LogP contribution < -0.4 is 15.4 Å². The Labute approximate surface area is 247 Å². The molecule has 0 aliphatic rings. The Morgan fingerprint density at radius 2 is 1.93 bits per heavy atom. The lowest BCUT2D eigenvalue weighted by atomic mass is 9.82. The highest BCUT2D eigenvalue weighted by Crippen LogP contribution is 2.37. The van der Waals surface area contributed by atoms with Gasteiger partial charge in [0.2, 0.25) is 5.91 Å². The SMILES string of the molecule is COc1ccc(F)cc1C(C)(NC(CCCCNC(=O)CCSSc1ccccn1)C(=O)O)c1ccc(Cl)cc1. The Morgan fingerprint density at radius 1 is 1.15 bits per heavy atom. The first-order valence-corrected chi connectivity index (χ1v) is 15.5. The fourth-order valence-corrected chi connectivity index (χ4v) is 6.19. The summed E-state index contributed by atoms with van der Waals surface area (Å²) >= 11 is 6.10. The van der Waals surface area contributed by atoms with Crippen LogP contribution in [0.1, 0.15) is 43.7 Å². The third kappa shape index (κ3) is 9.40. The second-order valence-corrected chi connectivity index (χ2v) is 12.1. The highest BCUT2D eigenvalue weighted by Gasteiger charge is 2.36. The predicted octanol–water partition coefficient (Wildman–Crippen LogP) is 6.31. The number of rotatable bonds is 16. The van der Waals surface area contributed by atoms with Gasteiger partial charge in [-0.3, -0.25) is 14.9 Å². The van der Waals surface area contributed by atoms with Crippen molar-refractivity contribution in [1.82, 2.24) is 15.6 Å². The summed E-state index contributed by atoms with van der Waals surface area (Å²) in [5, 5.41) is 17.6. The second-order valence-electron chi connectivity index (χ2n) is 9.18. The number of methoxy groups -OCH3 is 1. The van der Waals surface area contributed by atoms with E-state index in [1.165, 1.54) is 36.1 Å². The first-order chi connectivity index (χ1) is 19.2. The van der Waals surface area contributed by atoms with Crippen LogP contribution in [-0.4, -0.2) is 47.4 Å². The maximum atomic E-state index is 14.4. The number of ether oxygens (including phenoxy) is 1. The molecule has 40 heavy (non-hydrogen) atoms. The van der Waals surface area contributed by atoms with Crippen LogP contribution in [0.4, 0.5) is 4.39 Å². The zero-order valence-corrected chi connectivity index (χ0v) is 24.8. The molecule has 3 rings (SSSR count). The summed E-state index contributed by atoms with van der Waals surface area (Å²) in [4.78, 5) is 28.7. The molecule has 7 nitrogen and oxygen atoms in total. The summed E-state index contributed by atoms with van der Waals surface area (Å²) in [6, 6.07) is 15.9. The van der Waals surface area contributed by atoms with Crippen LogP contribution in [0.2, 0.25) is 5.02 Å². The first kappa shape index (κ1) is 31.7. The molecule has 2 aromatic carbocycles. The van der Waals surface area contributed by atoms with Crippen LogP contribution in [0.5, 0.6) is 5.75 Å². The molecule has 1 amide bonds. The van der Waals surface area contributed by atoms with Gasteiger partial charge >= 0.3 is 5.97 Å². The van der Waals surface area contributed by atoms with Crippen molar-refractivity contribution >= 4 is 45.1 Å². The van der Waals surface area contributed by atoms with Crippen LogP contribution in [0.3, 0.4) is 0 Å². The number of hydrogen-bond donors (Lipinski definition) is 3. The predicted molar refractivity (Wildman–Crippen MR) is 159 cm³/mol. The number of nitrogens with zero attached hydrogens (tertiary/aromatic N) is 1. The second kappa shape index (κ2) is 15.9. The van der Waals surface area contributed by atoms with Gasteiger partial charge in [0.05, 0.1) is 12.6 Å². The molecule has 0 radical (unpaired) electrons. The van der Waals surface area contributed by atoms with E-state index in [1.807, 2.05) is 18.2 Å². The average Bonchev–Trinajstić information content (AvgIpc) is 2.95. The molecule has 1 heterocycles. The molecule has 0 aliphatic heterocycles. The molecule has 0 aliphatic carbocycles. The van der Waals surface area contributed by atoms with Gasteiger partial charge in [-0.1, -0.05) is 40.6 Å². The fraction of sp³-hybridized carbons (Fsp3) is 0.345. The summed E-state index contributed by atoms with van der Waals surface area (Å²) in [6.07, 6.45) is 3.61. The number of halogens is 2. The molecule has 0 bridgehead atoms. The number of hydrogen-bond acceptors (Lipinski definition) is 7. The van der Waals surface area contributed by atoms with E-state index in [0.717, 1.165) is 5.03 Å². The number of amides is 1. The van der Waals surface area contributed by atoms with Gasteiger partial charge in [0.1, 0.15) is 22.6 Å². The third-order valence-corrected chi connectivity index (χ3v) is 8.84. The standard InChI is InChI=1S/C29H33ClFN3O4S2/c1-29(20-9-11-21(30)12-10-20,23-19-22(31)13-14-25(23)38-2)34-24(28(36)37)7-3-5-16-32-26(35)15-18-39-40-27-8-4-6-17-33-27/h4,6,8-14,17,19,24,34H,3,5,7,15-16,18H2,1-2H3,(H,32,35)(H,36,37). The van der Waals surface area contributed by atoms with E-state index >= 15 is 0 Å². The lowest BCUT2D eigenvalue weighted by molar-refractivity contribution is -0.140. The van der Waals surface area contributed by atoms with Crippen LogP contribution in [-0.2, 0) is 15.1 Å². The van der Waals surface area contributed by atoms with E-state index in [9.17, 15) is 19.1 Å². The van der Waals surface area contributed by atoms with Crippen LogP contribution in [0.15, 0.2) is 71.9 Å². The summed E-state index contributed by atoms with van der Waals surface area (Å²) in [5.74, 6) is -0.452. The zero-order chi connectivity index (χ0) is 29.0. The van der Waals surface area contributed by atoms with Gasteiger partial charge in [0, 0.05) is 35.5 Å². The van der Waals surface area contributed by atoms with Crippen LogP contribution in [0, 0.1) is 5.82 Å². The Balaban J connectivity index is 1.56. The van der Waals surface area contributed by atoms with Crippen molar-refractivity contribution in [3.8, 4) is 5.75 Å². The number of unbranched alkanes of at least 4 members (excludes halogenated alkanes) is 1. The first-order valence-electron chi connectivity index (χ1n) is 12.8. The molecule has 0 saturated carbocycles. The number of aromatic nitrogens is 1. The number of pyridine rings is 1. The van der Waals surface area contributed by atoms with Gasteiger partial charge in [-0.25, -0.2) is 9.37 Å². The molecular weight excluding hydrogens is 573 g/mol. The molecule has 214 valence electrons. The van der Waals surface area contributed by atoms with E-state index in [1.54, 1.807) is 48.2 Å². The van der Waals surface area contributed by atoms with Gasteiger partial charge < -0.3 is 15.2 Å². The molecule has 0 spiro atoms. The molecule has 0 saturated heterocycles. The quantitative estimate of drug-likeness (QED) is 0.129. The summed E-state index contributed by atoms with van der Waals surface area (Å²) in [5.41, 5.74) is 0.0774. The summed E-state index contributed by atoms with van der Waals surface area (Å²) in [7, 11) is 4.59. The highest BCUT2D eigenvalue weighted by molar-refractivity contribution is 8.76. The van der Waals surface area contributed by atoms with Crippen molar-refractivity contribution in [3.63, 3.8) is 0 Å². The minimum atomic E-state index is -1.10. The molecule has 1 aromatic heterocycles. The van der Waals surface area contributed by atoms with E-state index in [4.69, 9.17) is 16.3 Å². The van der Waals surface area contributed by atoms with Crippen LogP contribution in [0.25, 0.3) is 0 Å². The maximum absolute atomic E-state index is 14.4. The van der Waals surface area contributed by atoms with Crippen LogP contribution >= 0.6 is 33.2 Å². The minimum absolute atomic E-state index is 0.0458. The van der Waals surface area contributed by atoms with Crippen molar-refractivity contribution in [2.45, 2.75) is 49.2 Å². The summed E-state index contributed by atoms with van der Waals surface area (Å²) < 4.78 is 19.9. The largest absolute Gasteiger partial charge is 0.496 e. The maximum Gasteiger partial charge on any atom is 0.320 e.